The number of aryl methyl sites for hydroxylation is 1. The van der Waals surface area contributed by atoms with Crippen molar-refractivity contribution in [1.29, 1.82) is 0 Å². The number of hydrogen-bond acceptors (Lipinski definition) is 5. The molecule has 1 aliphatic carbocycles. The van der Waals surface area contributed by atoms with Crippen LogP contribution in [0.2, 0.25) is 0 Å². The van der Waals surface area contributed by atoms with E-state index < -0.39 is 12.1 Å². The molecular weight excluding hydrogens is 236 g/mol. The maximum Gasteiger partial charge on any atom is 0.250 e. The van der Waals surface area contributed by atoms with E-state index in [0.29, 0.717) is 24.7 Å². The second kappa shape index (κ2) is 4.58. The van der Waals surface area contributed by atoms with Crippen LogP contribution in [0, 0.1) is 0 Å². The number of nitrogens with two attached hydrogens (primary N) is 1. The minimum Gasteiger partial charge on any atom is -0.367 e. The van der Waals surface area contributed by atoms with Gasteiger partial charge in [0.15, 0.2) is 18.3 Å². The van der Waals surface area contributed by atoms with Crippen molar-refractivity contribution in [2.75, 3.05) is 5.32 Å². The van der Waals surface area contributed by atoms with Crippen molar-refractivity contribution in [3.8, 4) is 0 Å². The largest absolute Gasteiger partial charge is 0.367 e. The van der Waals surface area contributed by atoms with E-state index in [1.165, 1.54) is 6.07 Å². The number of amides is 1. The molecule has 1 aromatic rings. The molecule has 0 fully saturated rings. The molecular formula is C12H12N2O4. The van der Waals surface area contributed by atoms with Crippen LogP contribution >= 0.6 is 0 Å². The van der Waals surface area contributed by atoms with Crippen molar-refractivity contribution < 1.29 is 19.5 Å². The first kappa shape index (κ1) is 12.3. The van der Waals surface area contributed by atoms with Crippen LogP contribution in [-0.2, 0) is 11.2 Å². The highest BCUT2D eigenvalue weighted by Crippen LogP contribution is 2.28. The van der Waals surface area contributed by atoms with Gasteiger partial charge in [0.05, 0.1) is 5.56 Å². The number of primary amides is 1. The third-order valence-electron chi connectivity index (χ3n) is 2.86. The van der Waals surface area contributed by atoms with E-state index in [2.05, 4.69) is 5.32 Å². The van der Waals surface area contributed by atoms with Crippen molar-refractivity contribution in [2.24, 2.45) is 5.73 Å². The number of rotatable bonds is 4. The molecule has 6 nitrogen and oxygen atoms in total. The van der Waals surface area contributed by atoms with Gasteiger partial charge in [-0.15, -0.1) is 0 Å². The molecule has 1 aromatic carbocycles. The van der Waals surface area contributed by atoms with Gasteiger partial charge in [-0.05, 0) is 24.1 Å². The van der Waals surface area contributed by atoms with Crippen LogP contribution in [0.3, 0.4) is 0 Å². The van der Waals surface area contributed by atoms with Gasteiger partial charge in [-0.3, -0.25) is 14.4 Å². The van der Waals surface area contributed by atoms with Crippen LogP contribution in [-0.4, -0.2) is 29.3 Å². The highest BCUT2D eigenvalue weighted by Gasteiger charge is 2.23. The number of carbonyl (C=O) groups is 3. The molecule has 0 aromatic heterocycles. The Hall–Kier alpha value is -2.21. The van der Waals surface area contributed by atoms with Crippen LogP contribution < -0.4 is 11.1 Å². The van der Waals surface area contributed by atoms with E-state index in [0.717, 1.165) is 5.56 Å². The lowest BCUT2D eigenvalue weighted by Crippen LogP contribution is -2.23. The second-order valence-electron chi connectivity index (χ2n) is 4.07. The van der Waals surface area contributed by atoms with E-state index in [-0.39, 0.29) is 17.0 Å². The van der Waals surface area contributed by atoms with Gasteiger partial charge in [-0.2, -0.15) is 0 Å². The van der Waals surface area contributed by atoms with Gasteiger partial charge in [-0.25, -0.2) is 0 Å². The first-order chi connectivity index (χ1) is 8.52. The number of aldehydes is 1. The highest BCUT2D eigenvalue weighted by atomic mass is 16.3. The molecule has 0 heterocycles. The molecule has 1 amide bonds. The Kier molecular flexibility index (Phi) is 3.12. The van der Waals surface area contributed by atoms with Crippen molar-refractivity contribution in [1.82, 2.24) is 0 Å². The number of nitrogens with one attached hydrogen (secondary N) is 1. The quantitative estimate of drug-likeness (QED) is 0.507. The third-order valence-corrected chi connectivity index (χ3v) is 2.86. The molecule has 4 N–H and O–H groups in total. The molecule has 94 valence electrons. The predicted molar refractivity (Wildman–Crippen MR) is 63.3 cm³/mol. The standard InChI is InChI=1S/C12H12N2O4/c13-12(18)8-4-7-6(1-2-10(7)16)3-9(8)14-11(17)5-15/h3-5,11,14,17H,1-2H2,(H2,13,18). The summed E-state index contributed by atoms with van der Waals surface area (Å²) >= 11 is 0. The molecule has 1 atom stereocenters. The van der Waals surface area contributed by atoms with Gasteiger partial charge in [0, 0.05) is 17.7 Å². The van der Waals surface area contributed by atoms with Gasteiger partial charge in [0.25, 0.3) is 5.91 Å². The number of carbonyl (C=O) groups excluding carboxylic acids is 3. The van der Waals surface area contributed by atoms with Gasteiger partial charge in [0.2, 0.25) is 0 Å². The predicted octanol–water partition coefficient (Wildman–Crippen LogP) is -0.156. The summed E-state index contributed by atoms with van der Waals surface area (Å²) in [6, 6.07) is 2.99. The Labute approximate surface area is 103 Å². The summed E-state index contributed by atoms with van der Waals surface area (Å²) in [6.07, 6.45) is -0.145. The Morgan fingerprint density at radius 2 is 2.17 bits per heavy atom. The third kappa shape index (κ3) is 2.10. The maximum atomic E-state index is 11.6. The van der Waals surface area contributed by atoms with Crippen molar-refractivity contribution in [3.05, 3.63) is 28.8 Å². The minimum absolute atomic E-state index is 0.0324. The number of aliphatic hydroxyl groups excluding tert-OH is 1. The summed E-state index contributed by atoms with van der Waals surface area (Å²) in [5.41, 5.74) is 6.82. The molecule has 1 unspecified atom stereocenters. The van der Waals surface area contributed by atoms with Gasteiger partial charge < -0.3 is 16.2 Å². The summed E-state index contributed by atoms with van der Waals surface area (Å²) in [5.74, 6) is -0.756. The first-order valence-corrected chi connectivity index (χ1v) is 5.42. The number of ketones is 1. The minimum atomic E-state index is -1.42. The number of aliphatic hydroxyl groups is 1. The van der Waals surface area contributed by atoms with E-state index in [1.54, 1.807) is 6.07 Å². The van der Waals surface area contributed by atoms with Gasteiger partial charge in [0.1, 0.15) is 0 Å². The van der Waals surface area contributed by atoms with E-state index in [1.807, 2.05) is 0 Å². The van der Waals surface area contributed by atoms with Crippen molar-refractivity contribution >= 4 is 23.7 Å². The molecule has 0 saturated carbocycles. The fourth-order valence-electron chi connectivity index (χ4n) is 2.01. The van der Waals surface area contributed by atoms with Crippen molar-refractivity contribution in [2.45, 2.75) is 19.1 Å². The molecule has 0 spiro atoms. The van der Waals surface area contributed by atoms with Crippen LogP contribution in [0.25, 0.3) is 0 Å². The lowest BCUT2D eigenvalue weighted by molar-refractivity contribution is -0.113. The Morgan fingerprint density at radius 3 is 2.78 bits per heavy atom. The maximum absolute atomic E-state index is 11.6. The SMILES string of the molecule is NC(=O)c1cc2c(cc1NC(O)C=O)CCC2=O. The van der Waals surface area contributed by atoms with E-state index in [4.69, 9.17) is 5.73 Å². The van der Waals surface area contributed by atoms with Crippen LogP contribution in [0.15, 0.2) is 12.1 Å². The topological polar surface area (TPSA) is 109 Å². The van der Waals surface area contributed by atoms with Crippen LogP contribution in [0.4, 0.5) is 5.69 Å². The average Bonchev–Trinajstić information content (AvgIpc) is 2.69. The molecule has 18 heavy (non-hydrogen) atoms. The molecule has 0 saturated heterocycles. The van der Waals surface area contributed by atoms with E-state index in [9.17, 15) is 19.5 Å². The van der Waals surface area contributed by atoms with Crippen LogP contribution in [0.1, 0.15) is 32.7 Å². The molecule has 2 rings (SSSR count). The molecule has 1 aliphatic rings. The summed E-state index contributed by atoms with van der Waals surface area (Å²) < 4.78 is 0. The zero-order chi connectivity index (χ0) is 13.3. The van der Waals surface area contributed by atoms with Crippen molar-refractivity contribution in [3.63, 3.8) is 0 Å². The van der Waals surface area contributed by atoms with E-state index >= 15 is 0 Å². The fourth-order valence-corrected chi connectivity index (χ4v) is 2.01. The Bertz CT molecular complexity index is 539. The zero-order valence-corrected chi connectivity index (χ0v) is 9.47. The number of benzene rings is 1. The number of hydrogen-bond donors (Lipinski definition) is 3. The monoisotopic (exact) mass is 248 g/mol. The lowest BCUT2D eigenvalue weighted by Gasteiger charge is -2.13. The summed E-state index contributed by atoms with van der Waals surface area (Å²) in [5, 5.41) is 11.7. The first-order valence-electron chi connectivity index (χ1n) is 5.42. The summed E-state index contributed by atoms with van der Waals surface area (Å²) in [6.45, 7) is 0. The number of Topliss-reactive ketones (excluding diaryl/α,β-unsaturated/α-hetero) is 1. The zero-order valence-electron chi connectivity index (χ0n) is 9.47. The smallest absolute Gasteiger partial charge is 0.250 e. The van der Waals surface area contributed by atoms with Gasteiger partial charge in [-0.1, -0.05) is 0 Å². The number of anilines is 1. The fraction of sp³-hybridized carbons (Fsp3) is 0.250. The molecule has 6 heteroatoms. The Morgan fingerprint density at radius 1 is 1.44 bits per heavy atom. The molecule has 0 bridgehead atoms. The highest BCUT2D eigenvalue weighted by molar-refractivity contribution is 6.06. The summed E-state index contributed by atoms with van der Waals surface area (Å²) in [7, 11) is 0. The molecule has 0 radical (unpaired) electrons. The number of fused-ring (bicyclic) bond motifs is 1. The molecule has 0 aliphatic heterocycles. The normalized spacial score (nSPS) is 15.1. The van der Waals surface area contributed by atoms with Crippen LogP contribution in [0.5, 0.6) is 0 Å². The van der Waals surface area contributed by atoms with Gasteiger partial charge >= 0.3 is 0 Å². The lowest BCUT2D eigenvalue weighted by atomic mass is 10.0. The second-order valence-corrected chi connectivity index (χ2v) is 4.07. The Balaban J connectivity index is 2.48. The average molecular weight is 248 g/mol. The summed E-state index contributed by atoms with van der Waals surface area (Å²) in [4.78, 5) is 33.2.